The Morgan fingerprint density at radius 1 is 1.32 bits per heavy atom. The number of amides is 1. The Kier molecular flexibility index (Phi) is 5.46. The van der Waals surface area contributed by atoms with Crippen LogP contribution in [-0.2, 0) is 4.74 Å². The van der Waals surface area contributed by atoms with E-state index in [9.17, 15) is 9.90 Å². The van der Waals surface area contributed by atoms with E-state index in [1.807, 2.05) is 16.8 Å². The molecule has 2 aliphatic rings. The Morgan fingerprint density at radius 3 is 2.82 bits per heavy atom. The van der Waals surface area contributed by atoms with E-state index in [2.05, 4.69) is 10.2 Å². The molecule has 0 aromatic carbocycles. The summed E-state index contributed by atoms with van der Waals surface area (Å²) in [4.78, 5) is 14.6. The molecule has 1 aromatic rings. The average molecular weight is 324 g/mol. The second-order valence-electron chi connectivity index (χ2n) is 6.08. The van der Waals surface area contributed by atoms with E-state index < -0.39 is 6.10 Å². The number of carbonyl (C=O) groups excluding carboxylic acids is 1. The Bertz CT molecular complexity index is 474. The van der Waals surface area contributed by atoms with Gasteiger partial charge in [-0.15, -0.1) is 0 Å². The lowest BCUT2D eigenvalue weighted by molar-refractivity contribution is -0.0308. The summed E-state index contributed by atoms with van der Waals surface area (Å²) >= 11 is 1.51. The van der Waals surface area contributed by atoms with E-state index in [1.165, 1.54) is 11.3 Å². The molecule has 122 valence electrons. The van der Waals surface area contributed by atoms with Crippen LogP contribution >= 0.6 is 11.3 Å². The zero-order valence-electron chi connectivity index (χ0n) is 12.7. The quantitative estimate of drug-likeness (QED) is 0.827. The number of carbonyl (C=O) groups is 1. The summed E-state index contributed by atoms with van der Waals surface area (Å²) in [7, 11) is 0. The highest BCUT2D eigenvalue weighted by molar-refractivity contribution is 7.08. The normalized spacial score (nSPS) is 30.7. The molecule has 1 aromatic heterocycles. The smallest absolute Gasteiger partial charge is 0.252 e. The Labute approximate surface area is 135 Å². The predicted molar refractivity (Wildman–Crippen MR) is 86.2 cm³/mol. The van der Waals surface area contributed by atoms with Crippen molar-refractivity contribution in [1.82, 2.24) is 10.2 Å². The number of aliphatic hydroxyl groups is 1. The second-order valence-corrected chi connectivity index (χ2v) is 6.86. The SMILES string of the molecule is O=C(N[C@@H]1CCCC[C@@H](N2CCOCC2)[C@@H]1O)c1ccsc1. The largest absolute Gasteiger partial charge is 0.389 e. The van der Waals surface area contributed by atoms with Gasteiger partial charge in [0.1, 0.15) is 0 Å². The monoisotopic (exact) mass is 324 g/mol. The van der Waals surface area contributed by atoms with E-state index in [-0.39, 0.29) is 18.0 Å². The molecule has 6 heteroatoms. The molecule has 1 amide bonds. The van der Waals surface area contributed by atoms with Gasteiger partial charge in [0.05, 0.1) is 25.4 Å². The number of hydrogen-bond donors (Lipinski definition) is 2. The highest BCUT2D eigenvalue weighted by Gasteiger charge is 2.35. The molecular weight excluding hydrogens is 300 g/mol. The van der Waals surface area contributed by atoms with Crippen molar-refractivity contribution in [1.29, 1.82) is 0 Å². The maximum absolute atomic E-state index is 12.3. The van der Waals surface area contributed by atoms with Crippen molar-refractivity contribution in [2.45, 2.75) is 43.9 Å². The third kappa shape index (κ3) is 3.68. The van der Waals surface area contributed by atoms with Crippen LogP contribution in [0.5, 0.6) is 0 Å². The van der Waals surface area contributed by atoms with Crippen molar-refractivity contribution >= 4 is 17.2 Å². The lowest BCUT2D eigenvalue weighted by atomic mass is 9.99. The van der Waals surface area contributed by atoms with Crippen molar-refractivity contribution in [3.63, 3.8) is 0 Å². The lowest BCUT2D eigenvalue weighted by Gasteiger charge is -2.38. The summed E-state index contributed by atoms with van der Waals surface area (Å²) in [6.07, 6.45) is 3.48. The van der Waals surface area contributed by atoms with Gasteiger partial charge >= 0.3 is 0 Å². The summed E-state index contributed by atoms with van der Waals surface area (Å²) in [5.74, 6) is -0.0760. The number of morpholine rings is 1. The molecule has 1 aliphatic heterocycles. The van der Waals surface area contributed by atoms with Crippen LogP contribution in [0, 0.1) is 0 Å². The zero-order chi connectivity index (χ0) is 15.4. The van der Waals surface area contributed by atoms with E-state index in [1.54, 1.807) is 0 Å². The number of thiophene rings is 1. The molecule has 0 spiro atoms. The fourth-order valence-corrected chi connectivity index (χ4v) is 4.07. The first-order valence-corrected chi connectivity index (χ1v) is 9.03. The molecule has 2 fully saturated rings. The van der Waals surface area contributed by atoms with Crippen LogP contribution in [0.25, 0.3) is 0 Å². The molecule has 1 saturated carbocycles. The van der Waals surface area contributed by atoms with Crippen LogP contribution < -0.4 is 5.32 Å². The molecule has 0 unspecified atom stereocenters. The van der Waals surface area contributed by atoms with Gasteiger partial charge in [-0.2, -0.15) is 11.3 Å². The number of nitrogens with one attached hydrogen (secondary N) is 1. The topological polar surface area (TPSA) is 61.8 Å². The highest BCUT2D eigenvalue weighted by atomic mass is 32.1. The summed E-state index contributed by atoms with van der Waals surface area (Å²) < 4.78 is 5.41. The minimum Gasteiger partial charge on any atom is -0.389 e. The molecule has 22 heavy (non-hydrogen) atoms. The van der Waals surface area contributed by atoms with Gasteiger partial charge in [0.15, 0.2) is 0 Å². The number of hydrogen-bond acceptors (Lipinski definition) is 5. The van der Waals surface area contributed by atoms with Crippen molar-refractivity contribution in [3.8, 4) is 0 Å². The van der Waals surface area contributed by atoms with Gasteiger partial charge in [-0.05, 0) is 24.3 Å². The molecule has 5 nitrogen and oxygen atoms in total. The van der Waals surface area contributed by atoms with Gasteiger partial charge in [-0.3, -0.25) is 9.69 Å². The summed E-state index contributed by atoms with van der Waals surface area (Å²) in [6.45, 7) is 3.20. The van der Waals surface area contributed by atoms with Gasteiger partial charge in [-0.25, -0.2) is 0 Å². The number of nitrogens with zero attached hydrogens (tertiary/aromatic N) is 1. The highest BCUT2D eigenvalue weighted by Crippen LogP contribution is 2.24. The number of aliphatic hydroxyl groups excluding tert-OH is 1. The van der Waals surface area contributed by atoms with E-state index in [4.69, 9.17) is 4.74 Å². The van der Waals surface area contributed by atoms with Gasteiger partial charge in [0.2, 0.25) is 0 Å². The Balaban J connectivity index is 1.66. The molecule has 0 radical (unpaired) electrons. The molecular formula is C16H24N2O3S. The van der Waals surface area contributed by atoms with Crippen molar-refractivity contribution < 1.29 is 14.6 Å². The van der Waals surface area contributed by atoms with Gasteiger partial charge in [0.25, 0.3) is 5.91 Å². The van der Waals surface area contributed by atoms with E-state index >= 15 is 0 Å². The Hall–Kier alpha value is -0.950. The molecule has 0 bridgehead atoms. The van der Waals surface area contributed by atoms with Gasteiger partial charge < -0.3 is 15.2 Å². The van der Waals surface area contributed by atoms with Crippen LogP contribution in [0.1, 0.15) is 36.0 Å². The van der Waals surface area contributed by atoms with Crippen LogP contribution in [-0.4, -0.2) is 60.4 Å². The average Bonchev–Trinajstić information content (AvgIpc) is 3.02. The zero-order valence-corrected chi connectivity index (χ0v) is 13.6. The fourth-order valence-electron chi connectivity index (χ4n) is 3.44. The molecule has 1 aliphatic carbocycles. The van der Waals surface area contributed by atoms with Crippen LogP contribution in [0.3, 0.4) is 0 Å². The minimum atomic E-state index is -0.511. The van der Waals surface area contributed by atoms with Crippen molar-refractivity contribution in [2.24, 2.45) is 0 Å². The minimum absolute atomic E-state index is 0.0760. The molecule has 1 saturated heterocycles. The second kappa shape index (κ2) is 7.55. The van der Waals surface area contributed by atoms with Crippen molar-refractivity contribution in [2.75, 3.05) is 26.3 Å². The molecule has 3 atom stereocenters. The van der Waals surface area contributed by atoms with Crippen LogP contribution in [0.4, 0.5) is 0 Å². The van der Waals surface area contributed by atoms with Crippen LogP contribution in [0.15, 0.2) is 16.8 Å². The van der Waals surface area contributed by atoms with E-state index in [0.717, 1.165) is 52.0 Å². The first-order chi connectivity index (χ1) is 10.8. The van der Waals surface area contributed by atoms with Crippen molar-refractivity contribution in [3.05, 3.63) is 22.4 Å². The predicted octanol–water partition coefficient (Wildman–Crippen LogP) is 1.48. The van der Waals surface area contributed by atoms with Gasteiger partial charge in [-0.1, -0.05) is 12.8 Å². The van der Waals surface area contributed by atoms with Gasteiger partial charge in [0, 0.05) is 30.1 Å². The standard InChI is InChI=1S/C16H24N2O3S/c19-15-13(17-16(20)12-5-10-22-11-12)3-1-2-4-14(15)18-6-8-21-9-7-18/h5,10-11,13-15,19H,1-4,6-9H2,(H,17,20)/t13-,14-,15-/m1/s1. The Morgan fingerprint density at radius 2 is 2.09 bits per heavy atom. The first kappa shape index (κ1) is 15.9. The maximum atomic E-state index is 12.3. The summed E-state index contributed by atoms with van der Waals surface area (Å²) in [6, 6.07) is 1.78. The first-order valence-electron chi connectivity index (χ1n) is 8.08. The van der Waals surface area contributed by atoms with Crippen LogP contribution in [0.2, 0.25) is 0 Å². The lowest BCUT2D eigenvalue weighted by Crippen LogP contribution is -2.55. The molecule has 2 N–H and O–H groups in total. The third-order valence-corrected chi connectivity index (χ3v) is 5.37. The maximum Gasteiger partial charge on any atom is 0.252 e. The third-order valence-electron chi connectivity index (χ3n) is 4.69. The molecule has 2 heterocycles. The summed E-state index contributed by atoms with van der Waals surface area (Å²) in [5.41, 5.74) is 0.685. The molecule has 3 rings (SSSR count). The van der Waals surface area contributed by atoms with E-state index in [0.29, 0.717) is 5.56 Å². The fraction of sp³-hybridized carbons (Fsp3) is 0.688. The number of ether oxygens (including phenoxy) is 1. The summed E-state index contributed by atoms with van der Waals surface area (Å²) in [5, 5.41) is 17.6. The number of rotatable bonds is 3.